The Kier molecular flexibility index (Phi) is 4.12. The quantitative estimate of drug-likeness (QED) is 0.465. The van der Waals surface area contributed by atoms with Crippen molar-refractivity contribution in [3.05, 3.63) is 40.5 Å². The summed E-state index contributed by atoms with van der Waals surface area (Å²) < 4.78 is 11.0. The molecular weight excluding hydrogens is 280 g/mol. The van der Waals surface area contributed by atoms with Gasteiger partial charge in [-0.25, -0.2) is 14.5 Å². The Morgan fingerprint density at radius 3 is 2.81 bits per heavy atom. The van der Waals surface area contributed by atoms with Crippen molar-refractivity contribution in [2.75, 3.05) is 13.7 Å². The van der Waals surface area contributed by atoms with Crippen LogP contribution >= 0.6 is 0 Å². The molecule has 0 amide bonds. The van der Waals surface area contributed by atoms with Gasteiger partial charge in [0.05, 0.1) is 30.4 Å². The third-order valence-corrected chi connectivity index (χ3v) is 2.52. The number of benzene rings is 1. The summed E-state index contributed by atoms with van der Waals surface area (Å²) >= 11 is 0. The Hall–Kier alpha value is -2.97. The molecule has 0 aliphatic rings. The largest absolute Gasteiger partial charge is 0.494 e. The van der Waals surface area contributed by atoms with Gasteiger partial charge in [0, 0.05) is 12.1 Å². The fraction of sp³-hybridized carbons (Fsp3) is 0.250. The Bertz CT molecular complexity index is 682. The van der Waals surface area contributed by atoms with E-state index in [2.05, 4.69) is 14.8 Å². The molecule has 0 spiro atoms. The summed E-state index contributed by atoms with van der Waals surface area (Å²) in [5.74, 6) is -0.497. The minimum Gasteiger partial charge on any atom is -0.494 e. The van der Waals surface area contributed by atoms with Crippen molar-refractivity contribution in [3.8, 4) is 11.4 Å². The third-order valence-electron chi connectivity index (χ3n) is 2.52. The van der Waals surface area contributed by atoms with Crippen molar-refractivity contribution in [2.45, 2.75) is 6.92 Å². The van der Waals surface area contributed by atoms with Crippen molar-refractivity contribution in [1.82, 2.24) is 14.8 Å². The standard InChI is InChI=1S/C12H12N4O5/c1-3-21-10-5-8(4-9(6-10)16(18)19)15-7-13-11(14-15)12(17)20-2/h4-7H,3H2,1-2H3. The van der Waals surface area contributed by atoms with E-state index in [1.54, 1.807) is 13.0 Å². The first-order valence-electron chi connectivity index (χ1n) is 5.97. The molecule has 0 saturated heterocycles. The molecule has 9 nitrogen and oxygen atoms in total. The number of hydrogen-bond acceptors (Lipinski definition) is 7. The van der Waals surface area contributed by atoms with E-state index in [0.717, 1.165) is 0 Å². The summed E-state index contributed by atoms with van der Waals surface area (Å²) in [6.45, 7) is 2.13. The van der Waals surface area contributed by atoms with E-state index < -0.39 is 10.9 Å². The molecule has 0 N–H and O–H groups in total. The van der Waals surface area contributed by atoms with Crippen LogP contribution in [-0.2, 0) is 4.74 Å². The number of nitro groups is 1. The fourth-order valence-electron chi connectivity index (χ4n) is 1.63. The van der Waals surface area contributed by atoms with E-state index in [1.807, 2.05) is 0 Å². The van der Waals surface area contributed by atoms with Gasteiger partial charge in [-0.1, -0.05) is 0 Å². The normalized spacial score (nSPS) is 10.2. The first kappa shape index (κ1) is 14.4. The van der Waals surface area contributed by atoms with E-state index in [9.17, 15) is 14.9 Å². The lowest BCUT2D eigenvalue weighted by Gasteiger charge is -2.06. The zero-order valence-electron chi connectivity index (χ0n) is 11.3. The average Bonchev–Trinajstić information content (AvgIpc) is 2.96. The fourth-order valence-corrected chi connectivity index (χ4v) is 1.63. The molecule has 0 saturated carbocycles. The number of nitro benzene ring substituents is 1. The maximum absolute atomic E-state index is 11.3. The maximum atomic E-state index is 11.3. The Labute approximate surface area is 119 Å². The van der Waals surface area contributed by atoms with Gasteiger partial charge in [-0.05, 0) is 6.92 Å². The molecule has 0 unspecified atom stereocenters. The van der Waals surface area contributed by atoms with Crippen LogP contribution in [0.5, 0.6) is 5.75 Å². The van der Waals surface area contributed by atoms with E-state index in [0.29, 0.717) is 18.0 Å². The van der Waals surface area contributed by atoms with Crippen molar-refractivity contribution in [2.24, 2.45) is 0 Å². The van der Waals surface area contributed by atoms with Crippen LogP contribution in [0.2, 0.25) is 0 Å². The van der Waals surface area contributed by atoms with Crippen LogP contribution in [0, 0.1) is 10.1 Å². The summed E-state index contributed by atoms with van der Waals surface area (Å²) in [6.07, 6.45) is 1.26. The molecule has 2 rings (SSSR count). The molecule has 0 aliphatic carbocycles. The number of nitrogens with zero attached hydrogens (tertiary/aromatic N) is 4. The van der Waals surface area contributed by atoms with Gasteiger partial charge in [-0.2, -0.15) is 0 Å². The van der Waals surface area contributed by atoms with E-state index in [1.165, 1.54) is 30.3 Å². The monoisotopic (exact) mass is 292 g/mol. The summed E-state index contributed by atoms with van der Waals surface area (Å²) in [5.41, 5.74) is 0.210. The lowest BCUT2D eigenvalue weighted by atomic mass is 10.2. The van der Waals surface area contributed by atoms with Crippen LogP contribution in [0.3, 0.4) is 0 Å². The summed E-state index contributed by atoms with van der Waals surface area (Å²) in [6, 6.07) is 4.18. The van der Waals surface area contributed by atoms with Gasteiger partial charge in [0.15, 0.2) is 0 Å². The number of methoxy groups -OCH3 is 1. The lowest BCUT2D eigenvalue weighted by Crippen LogP contribution is -2.05. The van der Waals surface area contributed by atoms with Crippen LogP contribution in [-0.4, -0.2) is 39.4 Å². The highest BCUT2D eigenvalue weighted by Gasteiger charge is 2.15. The lowest BCUT2D eigenvalue weighted by molar-refractivity contribution is -0.384. The zero-order valence-corrected chi connectivity index (χ0v) is 11.3. The molecule has 9 heteroatoms. The zero-order chi connectivity index (χ0) is 15.4. The number of non-ortho nitro benzene ring substituents is 1. The minimum atomic E-state index is -0.691. The number of aromatic nitrogens is 3. The van der Waals surface area contributed by atoms with Gasteiger partial charge in [-0.15, -0.1) is 5.10 Å². The van der Waals surface area contributed by atoms with Gasteiger partial charge < -0.3 is 9.47 Å². The van der Waals surface area contributed by atoms with Crippen LogP contribution in [0.1, 0.15) is 17.5 Å². The van der Waals surface area contributed by atoms with Gasteiger partial charge in [0.25, 0.3) is 11.5 Å². The van der Waals surface area contributed by atoms with Crippen molar-refractivity contribution in [3.63, 3.8) is 0 Å². The van der Waals surface area contributed by atoms with Crippen molar-refractivity contribution < 1.29 is 19.2 Å². The molecular formula is C12H12N4O5. The predicted octanol–water partition coefficient (Wildman–Crippen LogP) is 1.36. The second-order valence-electron chi connectivity index (χ2n) is 3.88. The Morgan fingerprint density at radius 1 is 1.43 bits per heavy atom. The van der Waals surface area contributed by atoms with Crippen molar-refractivity contribution in [1.29, 1.82) is 0 Å². The highest BCUT2D eigenvalue weighted by molar-refractivity contribution is 5.84. The van der Waals surface area contributed by atoms with Crippen LogP contribution in [0.25, 0.3) is 5.69 Å². The molecule has 1 heterocycles. The number of esters is 1. The first-order valence-corrected chi connectivity index (χ1v) is 5.97. The topological polar surface area (TPSA) is 109 Å². The predicted molar refractivity (Wildman–Crippen MR) is 70.5 cm³/mol. The molecule has 0 radical (unpaired) electrons. The number of carbonyl (C=O) groups is 1. The number of rotatable bonds is 5. The van der Waals surface area contributed by atoms with Crippen LogP contribution in [0.15, 0.2) is 24.5 Å². The van der Waals surface area contributed by atoms with Crippen LogP contribution < -0.4 is 4.74 Å². The van der Waals surface area contributed by atoms with Gasteiger partial charge in [0.1, 0.15) is 12.1 Å². The van der Waals surface area contributed by atoms with Gasteiger partial charge in [-0.3, -0.25) is 10.1 Å². The second-order valence-corrected chi connectivity index (χ2v) is 3.88. The summed E-state index contributed by atoms with van der Waals surface area (Å²) in [7, 11) is 1.21. The minimum absolute atomic E-state index is 0.137. The molecule has 0 aliphatic heterocycles. The van der Waals surface area contributed by atoms with E-state index in [4.69, 9.17) is 4.74 Å². The number of carbonyl (C=O) groups excluding carboxylic acids is 1. The average molecular weight is 292 g/mol. The first-order chi connectivity index (χ1) is 10.0. The Balaban J connectivity index is 2.44. The molecule has 1 aromatic heterocycles. The van der Waals surface area contributed by atoms with Crippen molar-refractivity contribution >= 4 is 11.7 Å². The highest BCUT2D eigenvalue weighted by Crippen LogP contribution is 2.24. The molecule has 0 bridgehead atoms. The Morgan fingerprint density at radius 2 is 2.19 bits per heavy atom. The molecule has 21 heavy (non-hydrogen) atoms. The maximum Gasteiger partial charge on any atom is 0.377 e. The molecule has 2 aromatic rings. The van der Waals surface area contributed by atoms with Gasteiger partial charge >= 0.3 is 5.97 Å². The highest BCUT2D eigenvalue weighted by atomic mass is 16.6. The smallest absolute Gasteiger partial charge is 0.377 e. The number of ether oxygens (including phenoxy) is 2. The molecule has 0 atom stereocenters. The van der Waals surface area contributed by atoms with E-state index >= 15 is 0 Å². The second kappa shape index (κ2) is 5.99. The summed E-state index contributed by atoms with van der Waals surface area (Å²) in [5, 5.41) is 14.8. The molecule has 110 valence electrons. The third kappa shape index (κ3) is 3.14. The summed E-state index contributed by atoms with van der Waals surface area (Å²) in [4.78, 5) is 25.5. The molecule has 1 aromatic carbocycles. The van der Waals surface area contributed by atoms with Gasteiger partial charge in [0.2, 0.25) is 0 Å². The SMILES string of the molecule is CCOc1cc(-n2cnc(C(=O)OC)n2)cc([N+](=O)[O-])c1. The molecule has 0 fully saturated rings. The van der Waals surface area contributed by atoms with Crippen LogP contribution in [0.4, 0.5) is 5.69 Å². The van der Waals surface area contributed by atoms with E-state index in [-0.39, 0.29) is 11.5 Å². The number of hydrogen-bond donors (Lipinski definition) is 0.